The molecule has 0 aromatic carbocycles. The van der Waals surface area contributed by atoms with Crippen LogP contribution >= 0.6 is 11.3 Å². The highest BCUT2D eigenvalue weighted by atomic mass is 32.1. The predicted molar refractivity (Wildman–Crippen MR) is 69.8 cm³/mol. The zero-order chi connectivity index (χ0) is 11.6. The SMILES string of the molecule is CCCC1(CNC(C)c2cnc(C)s2)CC1. The normalized spacial score (nSPS) is 19.7. The minimum absolute atomic E-state index is 0.459. The number of nitrogens with zero attached hydrogens (tertiary/aromatic N) is 1. The van der Waals surface area contributed by atoms with Crippen LogP contribution in [0.1, 0.15) is 55.5 Å². The van der Waals surface area contributed by atoms with Gasteiger partial charge in [0.25, 0.3) is 0 Å². The average molecular weight is 238 g/mol. The summed E-state index contributed by atoms with van der Waals surface area (Å²) in [5.41, 5.74) is 0.642. The number of nitrogens with one attached hydrogen (secondary N) is 1. The minimum atomic E-state index is 0.459. The number of hydrogen-bond donors (Lipinski definition) is 1. The second kappa shape index (κ2) is 4.84. The van der Waals surface area contributed by atoms with Gasteiger partial charge in [-0.1, -0.05) is 13.3 Å². The van der Waals surface area contributed by atoms with Gasteiger partial charge in [0.1, 0.15) is 0 Å². The Hall–Kier alpha value is -0.410. The Labute approximate surface area is 102 Å². The van der Waals surface area contributed by atoms with Gasteiger partial charge in [-0.25, -0.2) is 4.98 Å². The fourth-order valence-corrected chi connectivity index (χ4v) is 3.08. The summed E-state index contributed by atoms with van der Waals surface area (Å²) in [5, 5.41) is 4.84. The molecule has 1 fully saturated rings. The van der Waals surface area contributed by atoms with E-state index in [1.807, 2.05) is 6.20 Å². The lowest BCUT2D eigenvalue weighted by Gasteiger charge is -2.18. The second-order valence-corrected chi connectivity index (χ2v) is 6.40. The molecule has 2 rings (SSSR count). The summed E-state index contributed by atoms with van der Waals surface area (Å²) in [6.45, 7) is 7.78. The first-order chi connectivity index (χ1) is 7.65. The van der Waals surface area contributed by atoms with Crippen LogP contribution in [0.25, 0.3) is 0 Å². The first kappa shape index (κ1) is 12.1. The van der Waals surface area contributed by atoms with Crippen LogP contribution in [0.3, 0.4) is 0 Å². The lowest BCUT2D eigenvalue weighted by molar-refractivity contribution is 0.399. The summed E-state index contributed by atoms with van der Waals surface area (Å²) < 4.78 is 0. The Bertz CT molecular complexity index is 341. The fraction of sp³-hybridized carbons (Fsp3) is 0.769. The summed E-state index contributed by atoms with van der Waals surface area (Å²) in [6, 6.07) is 0.459. The zero-order valence-electron chi connectivity index (χ0n) is 10.5. The van der Waals surface area contributed by atoms with Crippen LogP contribution in [0, 0.1) is 12.3 Å². The summed E-state index contributed by atoms with van der Waals surface area (Å²) >= 11 is 1.81. The molecule has 1 unspecified atom stereocenters. The molecule has 2 nitrogen and oxygen atoms in total. The smallest absolute Gasteiger partial charge is 0.0897 e. The molecule has 1 heterocycles. The maximum Gasteiger partial charge on any atom is 0.0897 e. The van der Waals surface area contributed by atoms with Gasteiger partial charge in [0, 0.05) is 23.7 Å². The van der Waals surface area contributed by atoms with Gasteiger partial charge >= 0.3 is 0 Å². The van der Waals surface area contributed by atoms with Crippen molar-refractivity contribution in [2.24, 2.45) is 5.41 Å². The molecular weight excluding hydrogens is 216 g/mol. The van der Waals surface area contributed by atoms with Gasteiger partial charge in [-0.2, -0.15) is 0 Å². The maximum atomic E-state index is 4.31. The highest BCUT2D eigenvalue weighted by Crippen LogP contribution is 2.49. The van der Waals surface area contributed by atoms with Crippen molar-refractivity contribution < 1.29 is 0 Å². The largest absolute Gasteiger partial charge is 0.309 e. The molecule has 1 aliphatic carbocycles. The van der Waals surface area contributed by atoms with Crippen LogP contribution in [-0.2, 0) is 0 Å². The quantitative estimate of drug-likeness (QED) is 0.817. The van der Waals surface area contributed by atoms with Gasteiger partial charge < -0.3 is 5.32 Å². The van der Waals surface area contributed by atoms with Crippen molar-refractivity contribution in [1.29, 1.82) is 0 Å². The van der Waals surface area contributed by atoms with E-state index in [-0.39, 0.29) is 0 Å². The number of aryl methyl sites for hydroxylation is 1. The zero-order valence-corrected chi connectivity index (χ0v) is 11.4. The van der Waals surface area contributed by atoms with E-state index in [0.717, 1.165) is 0 Å². The summed E-state index contributed by atoms with van der Waals surface area (Å²) in [5.74, 6) is 0. The third-order valence-electron chi connectivity index (χ3n) is 3.59. The molecule has 90 valence electrons. The molecule has 1 aromatic rings. The van der Waals surface area contributed by atoms with Crippen molar-refractivity contribution in [2.45, 2.75) is 52.5 Å². The van der Waals surface area contributed by atoms with Gasteiger partial charge in [0.15, 0.2) is 0 Å². The first-order valence-electron chi connectivity index (χ1n) is 6.31. The lowest BCUT2D eigenvalue weighted by Crippen LogP contribution is -2.26. The molecule has 3 heteroatoms. The fourth-order valence-electron chi connectivity index (χ4n) is 2.27. The molecule has 0 spiro atoms. The highest BCUT2D eigenvalue weighted by Gasteiger charge is 2.41. The van der Waals surface area contributed by atoms with E-state index < -0.39 is 0 Å². The van der Waals surface area contributed by atoms with Gasteiger partial charge in [-0.3, -0.25) is 0 Å². The van der Waals surface area contributed by atoms with E-state index in [2.05, 4.69) is 31.1 Å². The maximum absolute atomic E-state index is 4.31. The molecule has 1 atom stereocenters. The highest BCUT2D eigenvalue weighted by molar-refractivity contribution is 7.11. The van der Waals surface area contributed by atoms with Crippen molar-refractivity contribution in [1.82, 2.24) is 10.3 Å². The third kappa shape index (κ3) is 2.83. The van der Waals surface area contributed by atoms with E-state index in [0.29, 0.717) is 11.5 Å². The van der Waals surface area contributed by atoms with Crippen molar-refractivity contribution in [3.05, 3.63) is 16.1 Å². The Morgan fingerprint density at radius 3 is 2.81 bits per heavy atom. The Morgan fingerprint density at radius 1 is 1.56 bits per heavy atom. The Morgan fingerprint density at radius 2 is 2.31 bits per heavy atom. The third-order valence-corrected chi connectivity index (χ3v) is 4.68. The van der Waals surface area contributed by atoms with Crippen LogP contribution in [0.15, 0.2) is 6.20 Å². The lowest BCUT2D eigenvalue weighted by atomic mass is 10.0. The minimum Gasteiger partial charge on any atom is -0.309 e. The molecule has 0 saturated heterocycles. The summed E-state index contributed by atoms with van der Waals surface area (Å²) in [4.78, 5) is 5.68. The van der Waals surface area contributed by atoms with Crippen LogP contribution in [0.2, 0.25) is 0 Å². The van der Waals surface area contributed by atoms with Crippen molar-refractivity contribution in [2.75, 3.05) is 6.54 Å². The molecule has 0 amide bonds. The number of thiazole rings is 1. The Balaban J connectivity index is 1.82. The monoisotopic (exact) mass is 238 g/mol. The molecule has 0 radical (unpaired) electrons. The molecule has 16 heavy (non-hydrogen) atoms. The van der Waals surface area contributed by atoms with Crippen LogP contribution in [0.4, 0.5) is 0 Å². The predicted octanol–water partition coefficient (Wildman–Crippen LogP) is 3.68. The van der Waals surface area contributed by atoms with E-state index >= 15 is 0 Å². The molecule has 1 aromatic heterocycles. The van der Waals surface area contributed by atoms with Crippen LogP contribution in [0.5, 0.6) is 0 Å². The van der Waals surface area contributed by atoms with Gasteiger partial charge in [-0.05, 0) is 38.5 Å². The second-order valence-electron chi connectivity index (χ2n) is 5.13. The number of rotatable bonds is 6. The average Bonchev–Trinajstić information content (AvgIpc) is 2.89. The van der Waals surface area contributed by atoms with Gasteiger partial charge in [0.2, 0.25) is 0 Å². The van der Waals surface area contributed by atoms with E-state index in [4.69, 9.17) is 0 Å². The molecule has 0 bridgehead atoms. The number of aromatic nitrogens is 1. The topological polar surface area (TPSA) is 24.9 Å². The molecule has 1 aliphatic rings. The molecular formula is C13H22N2S. The van der Waals surface area contributed by atoms with E-state index in [9.17, 15) is 0 Å². The van der Waals surface area contributed by atoms with Crippen molar-refractivity contribution in [3.8, 4) is 0 Å². The van der Waals surface area contributed by atoms with Crippen molar-refractivity contribution in [3.63, 3.8) is 0 Å². The summed E-state index contributed by atoms with van der Waals surface area (Å²) in [6.07, 6.45) is 7.55. The van der Waals surface area contributed by atoms with Crippen LogP contribution < -0.4 is 5.32 Å². The number of hydrogen-bond acceptors (Lipinski definition) is 3. The van der Waals surface area contributed by atoms with Crippen LogP contribution in [-0.4, -0.2) is 11.5 Å². The van der Waals surface area contributed by atoms with E-state index in [1.54, 1.807) is 11.3 Å². The summed E-state index contributed by atoms with van der Waals surface area (Å²) in [7, 11) is 0. The molecule has 1 N–H and O–H groups in total. The van der Waals surface area contributed by atoms with Gasteiger partial charge in [0.05, 0.1) is 5.01 Å². The molecule has 0 aliphatic heterocycles. The van der Waals surface area contributed by atoms with E-state index in [1.165, 1.54) is 42.1 Å². The standard InChI is InChI=1S/C13H22N2S/c1-4-5-13(6-7-13)9-15-10(2)12-8-14-11(3)16-12/h8,10,15H,4-7,9H2,1-3H3. The first-order valence-corrected chi connectivity index (χ1v) is 7.12. The molecule has 1 saturated carbocycles. The Kier molecular flexibility index (Phi) is 3.65. The van der Waals surface area contributed by atoms with Crippen molar-refractivity contribution >= 4 is 11.3 Å². The van der Waals surface area contributed by atoms with Gasteiger partial charge in [-0.15, -0.1) is 11.3 Å².